The van der Waals surface area contributed by atoms with Gasteiger partial charge in [-0.1, -0.05) is 20.8 Å². The Bertz CT molecular complexity index is 479. The van der Waals surface area contributed by atoms with Gasteiger partial charge in [-0.05, 0) is 58.9 Å². The number of carbonyl (C=O) groups excluding carboxylic acids is 2. The molecule has 1 aliphatic heterocycles. The van der Waals surface area contributed by atoms with Crippen LogP contribution in [0.2, 0.25) is 0 Å². The molecule has 3 N–H and O–H groups in total. The number of nitrogens with one attached hydrogen (secondary N) is 1. The lowest BCUT2D eigenvalue weighted by Crippen LogP contribution is -2.40. The van der Waals surface area contributed by atoms with Crippen LogP contribution in [-0.4, -0.2) is 52.4 Å². The highest BCUT2D eigenvalue weighted by molar-refractivity contribution is 5.99. The van der Waals surface area contributed by atoms with Crippen molar-refractivity contribution in [1.29, 1.82) is 0 Å². The number of aliphatic hydroxyl groups is 2. The average molecular weight is 372 g/mol. The van der Waals surface area contributed by atoms with Crippen LogP contribution in [-0.2, 0) is 14.3 Å². The lowest BCUT2D eigenvalue weighted by molar-refractivity contribution is -0.163. The fourth-order valence-electron chi connectivity index (χ4n) is 3.89. The zero-order valence-corrected chi connectivity index (χ0v) is 17.1. The maximum absolute atomic E-state index is 12.6. The van der Waals surface area contributed by atoms with E-state index in [1.807, 2.05) is 13.8 Å². The van der Waals surface area contributed by atoms with Gasteiger partial charge in [0.1, 0.15) is 17.8 Å². The molecule has 0 aromatic rings. The lowest BCUT2D eigenvalue weighted by atomic mass is 9.81. The summed E-state index contributed by atoms with van der Waals surface area (Å²) in [6, 6.07) is 0.0493. The van der Waals surface area contributed by atoms with Crippen LogP contribution in [0.3, 0.4) is 0 Å². The van der Waals surface area contributed by atoms with Crippen molar-refractivity contribution in [2.45, 2.75) is 91.1 Å². The van der Waals surface area contributed by atoms with Gasteiger partial charge in [-0.15, -0.1) is 0 Å². The molecule has 1 fully saturated rings. The molecule has 0 aliphatic carbocycles. The summed E-state index contributed by atoms with van der Waals surface area (Å²) in [6.07, 6.45) is 0.402. The molecule has 152 valence electrons. The Morgan fingerprint density at radius 3 is 2.38 bits per heavy atom. The predicted octanol–water partition coefficient (Wildman–Crippen LogP) is 2.06. The molecule has 1 rings (SSSR count). The standard InChI is InChI=1S/C20H37NO5/c1-7-17-16(22)8-14(4)21-11-12(2)9-20(6,25)10-13(3)18(23)15(5)19(24)26-17/h12-17,21-22,25H,7-11H2,1-6H3/t12-,13-,14-,15?,16+,17-,20+/m1/s1. The number of esters is 1. The van der Waals surface area contributed by atoms with Gasteiger partial charge in [0.2, 0.25) is 0 Å². The van der Waals surface area contributed by atoms with Crippen LogP contribution in [0, 0.1) is 17.8 Å². The molecule has 6 heteroatoms. The molecule has 1 heterocycles. The molecule has 0 bridgehead atoms. The van der Waals surface area contributed by atoms with E-state index in [0.717, 1.165) is 0 Å². The first-order valence-electron chi connectivity index (χ1n) is 9.84. The van der Waals surface area contributed by atoms with E-state index >= 15 is 0 Å². The maximum Gasteiger partial charge on any atom is 0.316 e. The molecule has 6 nitrogen and oxygen atoms in total. The van der Waals surface area contributed by atoms with E-state index in [1.165, 1.54) is 0 Å². The summed E-state index contributed by atoms with van der Waals surface area (Å²) in [4.78, 5) is 25.0. The van der Waals surface area contributed by atoms with Crippen LogP contribution in [0.15, 0.2) is 0 Å². The fraction of sp³-hybridized carbons (Fsp3) is 0.900. The molecule has 1 aliphatic rings. The minimum absolute atomic E-state index is 0.0493. The summed E-state index contributed by atoms with van der Waals surface area (Å²) in [5, 5.41) is 24.5. The van der Waals surface area contributed by atoms with Gasteiger partial charge in [0.05, 0.1) is 11.7 Å². The van der Waals surface area contributed by atoms with Gasteiger partial charge in [-0.2, -0.15) is 0 Å². The molecule has 0 radical (unpaired) electrons. The number of rotatable bonds is 1. The van der Waals surface area contributed by atoms with Crippen LogP contribution in [0.4, 0.5) is 0 Å². The molecule has 26 heavy (non-hydrogen) atoms. The topological polar surface area (TPSA) is 95.9 Å². The minimum atomic E-state index is -0.977. The molecule has 0 saturated carbocycles. The minimum Gasteiger partial charge on any atom is -0.459 e. The van der Waals surface area contributed by atoms with Gasteiger partial charge in [0.15, 0.2) is 0 Å². The first-order valence-corrected chi connectivity index (χ1v) is 9.84. The first-order chi connectivity index (χ1) is 12.0. The second kappa shape index (κ2) is 9.81. The molecular weight excluding hydrogens is 334 g/mol. The number of Topliss-reactive ketones (excluding diaryl/α,β-unsaturated/α-hetero) is 1. The third-order valence-electron chi connectivity index (χ3n) is 5.31. The van der Waals surface area contributed by atoms with E-state index in [9.17, 15) is 19.8 Å². The molecule has 0 aromatic carbocycles. The number of aliphatic hydroxyl groups excluding tert-OH is 1. The second-order valence-electron chi connectivity index (χ2n) is 8.53. The van der Waals surface area contributed by atoms with Crippen molar-refractivity contribution < 1.29 is 24.5 Å². The van der Waals surface area contributed by atoms with Crippen LogP contribution >= 0.6 is 0 Å². The van der Waals surface area contributed by atoms with E-state index in [4.69, 9.17) is 4.74 Å². The van der Waals surface area contributed by atoms with Crippen molar-refractivity contribution in [3.63, 3.8) is 0 Å². The summed E-state index contributed by atoms with van der Waals surface area (Å²) >= 11 is 0. The molecule has 0 amide bonds. The highest BCUT2D eigenvalue weighted by Crippen LogP contribution is 2.27. The number of cyclic esters (lactones) is 1. The van der Waals surface area contributed by atoms with Crippen LogP contribution < -0.4 is 5.32 Å². The maximum atomic E-state index is 12.6. The zero-order chi connectivity index (χ0) is 20.1. The Kier molecular flexibility index (Phi) is 8.70. The first kappa shape index (κ1) is 23.1. The number of hydrogen-bond donors (Lipinski definition) is 3. The van der Waals surface area contributed by atoms with Crippen molar-refractivity contribution in [2.75, 3.05) is 6.54 Å². The quantitative estimate of drug-likeness (QED) is 0.482. The van der Waals surface area contributed by atoms with Gasteiger partial charge in [-0.25, -0.2) is 0 Å². The third-order valence-corrected chi connectivity index (χ3v) is 5.31. The van der Waals surface area contributed by atoms with Gasteiger partial charge in [0.25, 0.3) is 0 Å². The summed E-state index contributed by atoms with van der Waals surface area (Å²) in [7, 11) is 0. The molecular formula is C20H37NO5. The van der Waals surface area contributed by atoms with Gasteiger partial charge in [-0.3, -0.25) is 9.59 Å². The van der Waals surface area contributed by atoms with E-state index in [2.05, 4.69) is 12.2 Å². The molecule has 0 spiro atoms. The van der Waals surface area contributed by atoms with E-state index in [1.54, 1.807) is 20.8 Å². The Hall–Kier alpha value is -0.980. The number of hydrogen-bond acceptors (Lipinski definition) is 6. The van der Waals surface area contributed by atoms with Crippen molar-refractivity contribution in [1.82, 2.24) is 5.32 Å². The lowest BCUT2D eigenvalue weighted by Gasteiger charge is -2.30. The third kappa shape index (κ3) is 6.97. The van der Waals surface area contributed by atoms with Gasteiger partial charge in [0, 0.05) is 12.0 Å². The summed E-state index contributed by atoms with van der Waals surface area (Å²) in [5.74, 6) is -1.96. The highest BCUT2D eigenvalue weighted by atomic mass is 16.6. The predicted molar refractivity (Wildman–Crippen MR) is 101 cm³/mol. The highest BCUT2D eigenvalue weighted by Gasteiger charge is 2.35. The van der Waals surface area contributed by atoms with Crippen molar-refractivity contribution in [2.24, 2.45) is 17.8 Å². The summed E-state index contributed by atoms with van der Waals surface area (Å²) < 4.78 is 5.44. The largest absolute Gasteiger partial charge is 0.459 e. The van der Waals surface area contributed by atoms with Crippen molar-refractivity contribution in [3.8, 4) is 0 Å². The molecule has 1 unspecified atom stereocenters. The second-order valence-corrected chi connectivity index (χ2v) is 8.53. The Morgan fingerprint density at radius 1 is 1.19 bits per heavy atom. The zero-order valence-electron chi connectivity index (χ0n) is 17.1. The number of ether oxygens (including phenoxy) is 1. The Balaban J connectivity index is 3.02. The van der Waals surface area contributed by atoms with Crippen LogP contribution in [0.25, 0.3) is 0 Å². The molecule has 7 atom stereocenters. The SMILES string of the molecule is CC[C@H]1OC(=O)C(C)C(=O)[C@H](C)C[C@@](C)(O)C[C@@H](C)CN[C@H](C)C[C@@H]1O. The monoisotopic (exact) mass is 371 g/mol. The smallest absolute Gasteiger partial charge is 0.316 e. The van der Waals surface area contributed by atoms with E-state index < -0.39 is 35.6 Å². The van der Waals surface area contributed by atoms with Crippen LogP contribution in [0.5, 0.6) is 0 Å². The van der Waals surface area contributed by atoms with E-state index in [0.29, 0.717) is 32.2 Å². The van der Waals surface area contributed by atoms with Crippen molar-refractivity contribution >= 4 is 11.8 Å². The van der Waals surface area contributed by atoms with E-state index in [-0.39, 0.29) is 17.7 Å². The summed E-state index contributed by atoms with van der Waals surface area (Å²) in [5.41, 5.74) is -0.977. The summed E-state index contributed by atoms with van der Waals surface area (Å²) in [6.45, 7) is 11.6. The van der Waals surface area contributed by atoms with Gasteiger partial charge < -0.3 is 20.3 Å². The Morgan fingerprint density at radius 2 is 1.81 bits per heavy atom. The van der Waals surface area contributed by atoms with Crippen molar-refractivity contribution in [3.05, 3.63) is 0 Å². The normalized spacial score (nSPS) is 41.8. The number of carbonyl (C=O) groups is 2. The molecule has 1 saturated heterocycles. The molecule has 0 aromatic heterocycles. The van der Waals surface area contributed by atoms with Gasteiger partial charge >= 0.3 is 5.97 Å². The number of ketones is 1. The fourth-order valence-corrected chi connectivity index (χ4v) is 3.89. The van der Waals surface area contributed by atoms with Crippen LogP contribution in [0.1, 0.15) is 67.2 Å². The average Bonchev–Trinajstić information content (AvgIpc) is 2.54. The Labute approximate surface area is 157 Å².